The Morgan fingerprint density at radius 2 is 2.10 bits per heavy atom. The highest BCUT2D eigenvalue weighted by Gasteiger charge is 2.22. The van der Waals surface area contributed by atoms with Gasteiger partial charge in [-0.2, -0.15) is 0 Å². The predicted octanol–water partition coefficient (Wildman–Crippen LogP) is 0.744. The van der Waals surface area contributed by atoms with E-state index in [1.165, 1.54) is 19.3 Å². The van der Waals surface area contributed by atoms with Crippen LogP contribution in [0, 0.1) is 0 Å². The summed E-state index contributed by atoms with van der Waals surface area (Å²) in [7, 11) is 2.11. The third kappa shape index (κ3) is 5.04. The Morgan fingerprint density at radius 3 is 2.80 bits per heavy atom. The summed E-state index contributed by atoms with van der Waals surface area (Å²) >= 11 is 0. The Labute approximate surface area is 122 Å². The summed E-state index contributed by atoms with van der Waals surface area (Å²) in [5.41, 5.74) is 0. The number of ether oxygens (including phenoxy) is 1. The van der Waals surface area contributed by atoms with Crippen LogP contribution < -0.4 is 10.6 Å². The van der Waals surface area contributed by atoms with E-state index in [1.807, 2.05) is 6.92 Å². The summed E-state index contributed by atoms with van der Waals surface area (Å²) in [5, 5.41) is 6.46. The standard InChI is InChI=1S/C15H29N3O2/c1-12(15(19)17-13-6-4-3-5-7-13)16-10-14-11-18(2)8-9-20-14/h12-14,16H,3-11H2,1-2H3,(H,17,19). The second kappa shape index (κ2) is 7.96. The van der Waals surface area contributed by atoms with Crippen LogP contribution in [-0.2, 0) is 9.53 Å². The topological polar surface area (TPSA) is 53.6 Å². The van der Waals surface area contributed by atoms with E-state index in [4.69, 9.17) is 4.74 Å². The fourth-order valence-corrected chi connectivity index (χ4v) is 2.96. The van der Waals surface area contributed by atoms with Crippen molar-refractivity contribution in [1.29, 1.82) is 0 Å². The van der Waals surface area contributed by atoms with Crippen molar-refractivity contribution in [2.24, 2.45) is 0 Å². The third-order valence-corrected chi connectivity index (χ3v) is 4.34. The Morgan fingerprint density at radius 1 is 1.35 bits per heavy atom. The van der Waals surface area contributed by atoms with E-state index in [2.05, 4.69) is 22.6 Å². The second-order valence-corrected chi connectivity index (χ2v) is 6.23. The lowest BCUT2D eigenvalue weighted by Crippen LogP contribution is -2.51. The number of hydrogen-bond donors (Lipinski definition) is 2. The van der Waals surface area contributed by atoms with E-state index in [0.29, 0.717) is 6.04 Å². The Kier molecular flexibility index (Phi) is 6.26. The molecule has 2 unspecified atom stereocenters. The first-order valence-electron chi connectivity index (χ1n) is 7.99. The normalized spacial score (nSPS) is 27.2. The SMILES string of the molecule is CC(NCC1CN(C)CCO1)C(=O)NC1CCCCC1. The van der Waals surface area contributed by atoms with Crippen molar-refractivity contribution in [2.75, 3.05) is 33.3 Å². The fourth-order valence-electron chi connectivity index (χ4n) is 2.96. The highest BCUT2D eigenvalue weighted by molar-refractivity contribution is 5.81. The summed E-state index contributed by atoms with van der Waals surface area (Å²) in [6, 6.07) is 0.241. The van der Waals surface area contributed by atoms with E-state index in [9.17, 15) is 4.79 Å². The predicted molar refractivity (Wildman–Crippen MR) is 79.7 cm³/mol. The summed E-state index contributed by atoms with van der Waals surface area (Å²) in [6.45, 7) is 5.39. The molecule has 0 spiro atoms. The van der Waals surface area contributed by atoms with Crippen molar-refractivity contribution >= 4 is 5.91 Å². The van der Waals surface area contributed by atoms with Crippen LogP contribution >= 0.6 is 0 Å². The van der Waals surface area contributed by atoms with Crippen LogP contribution in [-0.4, -0.2) is 62.3 Å². The first-order chi connectivity index (χ1) is 9.65. The molecule has 0 bridgehead atoms. The van der Waals surface area contributed by atoms with Gasteiger partial charge in [0.1, 0.15) is 0 Å². The molecule has 2 atom stereocenters. The molecule has 5 nitrogen and oxygen atoms in total. The maximum atomic E-state index is 12.1. The fraction of sp³-hybridized carbons (Fsp3) is 0.933. The van der Waals surface area contributed by atoms with Gasteiger partial charge in [0, 0.05) is 25.7 Å². The van der Waals surface area contributed by atoms with Gasteiger partial charge in [0.25, 0.3) is 0 Å². The van der Waals surface area contributed by atoms with Gasteiger partial charge >= 0.3 is 0 Å². The Balaban J connectivity index is 1.65. The van der Waals surface area contributed by atoms with Gasteiger partial charge in [-0.15, -0.1) is 0 Å². The molecule has 1 saturated carbocycles. The zero-order valence-electron chi connectivity index (χ0n) is 12.9. The molecule has 1 aliphatic heterocycles. The lowest BCUT2D eigenvalue weighted by molar-refractivity contribution is -0.123. The molecule has 2 aliphatic rings. The van der Waals surface area contributed by atoms with Crippen molar-refractivity contribution in [3.8, 4) is 0 Å². The molecule has 0 aromatic heterocycles. The molecule has 2 rings (SSSR count). The minimum absolute atomic E-state index is 0.126. The number of likely N-dealkylation sites (N-methyl/N-ethyl adjacent to an activating group) is 1. The van der Waals surface area contributed by atoms with Crippen molar-refractivity contribution in [2.45, 2.75) is 57.2 Å². The van der Waals surface area contributed by atoms with E-state index < -0.39 is 0 Å². The van der Waals surface area contributed by atoms with Crippen LogP contribution in [0.4, 0.5) is 0 Å². The highest BCUT2D eigenvalue weighted by atomic mass is 16.5. The first kappa shape index (κ1) is 15.7. The number of carbonyl (C=O) groups is 1. The molecular formula is C15H29N3O2. The van der Waals surface area contributed by atoms with Gasteiger partial charge in [-0.05, 0) is 26.8 Å². The van der Waals surface area contributed by atoms with E-state index >= 15 is 0 Å². The number of morpholine rings is 1. The minimum atomic E-state index is -0.146. The molecule has 1 aliphatic carbocycles. The van der Waals surface area contributed by atoms with Gasteiger partial charge in [-0.3, -0.25) is 4.79 Å². The third-order valence-electron chi connectivity index (χ3n) is 4.34. The number of rotatable bonds is 5. The Bertz CT molecular complexity index is 305. The molecule has 0 aromatic rings. The van der Waals surface area contributed by atoms with Crippen molar-refractivity contribution in [3.63, 3.8) is 0 Å². The van der Waals surface area contributed by atoms with E-state index in [0.717, 1.165) is 39.1 Å². The largest absolute Gasteiger partial charge is 0.374 e. The molecule has 1 saturated heterocycles. The molecule has 1 heterocycles. The van der Waals surface area contributed by atoms with Gasteiger partial charge in [0.2, 0.25) is 5.91 Å². The van der Waals surface area contributed by atoms with Crippen LogP contribution in [0.15, 0.2) is 0 Å². The van der Waals surface area contributed by atoms with Crippen molar-refractivity contribution in [1.82, 2.24) is 15.5 Å². The van der Waals surface area contributed by atoms with Crippen LogP contribution in [0.25, 0.3) is 0 Å². The molecular weight excluding hydrogens is 254 g/mol. The minimum Gasteiger partial charge on any atom is -0.374 e. The van der Waals surface area contributed by atoms with Crippen molar-refractivity contribution < 1.29 is 9.53 Å². The van der Waals surface area contributed by atoms with E-state index in [-0.39, 0.29) is 18.1 Å². The number of hydrogen-bond acceptors (Lipinski definition) is 4. The zero-order chi connectivity index (χ0) is 14.4. The van der Waals surface area contributed by atoms with E-state index in [1.54, 1.807) is 0 Å². The van der Waals surface area contributed by atoms with Gasteiger partial charge in [0.15, 0.2) is 0 Å². The summed E-state index contributed by atoms with van der Waals surface area (Å²) in [5.74, 6) is 0.126. The molecule has 0 aromatic carbocycles. The molecule has 116 valence electrons. The molecule has 1 amide bonds. The number of nitrogens with zero attached hydrogens (tertiary/aromatic N) is 1. The lowest BCUT2D eigenvalue weighted by Gasteiger charge is -2.31. The molecule has 0 radical (unpaired) electrons. The molecule has 2 N–H and O–H groups in total. The lowest BCUT2D eigenvalue weighted by atomic mass is 9.95. The van der Waals surface area contributed by atoms with Gasteiger partial charge in [-0.25, -0.2) is 0 Å². The van der Waals surface area contributed by atoms with Gasteiger partial charge in [-0.1, -0.05) is 19.3 Å². The second-order valence-electron chi connectivity index (χ2n) is 6.23. The zero-order valence-corrected chi connectivity index (χ0v) is 12.9. The number of nitrogens with one attached hydrogen (secondary N) is 2. The Hall–Kier alpha value is -0.650. The molecule has 20 heavy (non-hydrogen) atoms. The summed E-state index contributed by atoms with van der Waals surface area (Å²) < 4.78 is 5.69. The maximum Gasteiger partial charge on any atom is 0.237 e. The monoisotopic (exact) mass is 283 g/mol. The highest BCUT2D eigenvalue weighted by Crippen LogP contribution is 2.17. The number of amides is 1. The van der Waals surface area contributed by atoms with Gasteiger partial charge < -0.3 is 20.3 Å². The van der Waals surface area contributed by atoms with Crippen LogP contribution in [0.3, 0.4) is 0 Å². The van der Waals surface area contributed by atoms with Crippen LogP contribution in [0.2, 0.25) is 0 Å². The molecule has 5 heteroatoms. The van der Waals surface area contributed by atoms with Crippen LogP contribution in [0.1, 0.15) is 39.0 Å². The molecule has 2 fully saturated rings. The smallest absolute Gasteiger partial charge is 0.237 e. The van der Waals surface area contributed by atoms with Crippen LogP contribution in [0.5, 0.6) is 0 Å². The summed E-state index contributed by atoms with van der Waals surface area (Å²) in [4.78, 5) is 14.4. The summed E-state index contributed by atoms with van der Waals surface area (Å²) in [6.07, 6.45) is 6.26. The van der Waals surface area contributed by atoms with Gasteiger partial charge in [0.05, 0.1) is 18.8 Å². The average molecular weight is 283 g/mol. The first-order valence-corrected chi connectivity index (χ1v) is 7.99. The van der Waals surface area contributed by atoms with Crippen molar-refractivity contribution in [3.05, 3.63) is 0 Å². The quantitative estimate of drug-likeness (QED) is 0.781. The number of carbonyl (C=O) groups excluding carboxylic acids is 1. The average Bonchev–Trinajstić information content (AvgIpc) is 2.46. The maximum absolute atomic E-state index is 12.1.